The van der Waals surface area contributed by atoms with Gasteiger partial charge in [0.2, 0.25) is 0 Å². The van der Waals surface area contributed by atoms with Gasteiger partial charge in [0.1, 0.15) is 0 Å². The van der Waals surface area contributed by atoms with Crippen LogP contribution in [0.1, 0.15) is 48.7 Å². The molecule has 1 aromatic heterocycles. The zero-order valence-electron chi connectivity index (χ0n) is 11.2. The van der Waals surface area contributed by atoms with Crippen LogP contribution in [0.4, 0.5) is 4.39 Å². The van der Waals surface area contributed by atoms with Crippen LogP contribution in [0.15, 0.2) is 36.9 Å². The fourth-order valence-corrected chi connectivity index (χ4v) is 2.88. The van der Waals surface area contributed by atoms with Crippen molar-refractivity contribution < 1.29 is 4.39 Å². The molecule has 4 heteroatoms. The summed E-state index contributed by atoms with van der Waals surface area (Å²) in [5.74, 6) is 1.59. The highest BCUT2D eigenvalue weighted by Gasteiger charge is 2.37. The first kappa shape index (κ1) is 11.8. The van der Waals surface area contributed by atoms with E-state index in [1.165, 1.54) is 0 Å². The van der Waals surface area contributed by atoms with E-state index in [1.54, 1.807) is 4.68 Å². The van der Waals surface area contributed by atoms with Gasteiger partial charge in [0.05, 0.1) is 6.04 Å². The summed E-state index contributed by atoms with van der Waals surface area (Å²) in [6.07, 6.45) is 1.71. The van der Waals surface area contributed by atoms with Crippen LogP contribution in [-0.4, -0.2) is 14.8 Å². The first-order valence-corrected chi connectivity index (χ1v) is 7.08. The van der Waals surface area contributed by atoms with Crippen molar-refractivity contribution in [3.05, 3.63) is 54.1 Å². The largest absolute Gasteiger partial charge is 0.239 e. The predicted octanol–water partition coefficient (Wildman–Crippen LogP) is 3.71. The lowest BCUT2D eigenvalue weighted by molar-refractivity contribution is 0.328. The summed E-state index contributed by atoms with van der Waals surface area (Å²) >= 11 is 0. The molecule has 0 N–H and O–H groups in total. The normalized spacial score (nSPS) is 24.6. The van der Waals surface area contributed by atoms with Gasteiger partial charge in [-0.2, -0.15) is 5.10 Å². The highest BCUT2D eigenvalue weighted by atomic mass is 19.1. The molecular formula is C16H16FN3. The van der Waals surface area contributed by atoms with Crippen molar-refractivity contribution in [2.24, 2.45) is 5.92 Å². The second kappa shape index (κ2) is 4.27. The first-order valence-electron chi connectivity index (χ1n) is 7.08. The SMILES string of the molecule is C=C(c1nc2n(n1)C(c1ccccc1)CC2F)C1CC1. The van der Waals surface area contributed by atoms with Crippen molar-refractivity contribution in [3.8, 4) is 0 Å². The van der Waals surface area contributed by atoms with Crippen LogP contribution in [0, 0.1) is 5.92 Å². The van der Waals surface area contributed by atoms with Crippen molar-refractivity contribution in [2.45, 2.75) is 31.5 Å². The zero-order valence-corrected chi connectivity index (χ0v) is 11.2. The Balaban J connectivity index is 1.72. The van der Waals surface area contributed by atoms with E-state index < -0.39 is 6.17 Å². The third-order valence-corrected chi connectivity index (χ3v) is 4.20. The molecule has 2 aliphatic rings. The fraction of sp³-hybridized carbons (Fsp3) is 0.375. The summed E-state index contributed by atoms with van der Waals surface area (Å²) in [7, 11) is 0. The molecule has 2 aromatic rings. The molecule has 3 nitrogen and oxygen atoms in total. The molecule has 2 heterocycles. The highest BCUT2D eigenvalue weighted by Crippen LogP contribution is 2.43. The third-order valence-electron chi connectivity index (χ3n) is 4.20. The second-order valence-corrected chi connectivity index (χ2v) is 5.67. The van der Waals surface area contributed by atoms with E-state index in [2.05, 4.69) is 16.7 Å². The number of rotatable bonds is 3. The maximum Gasteiger partial charge on any atom is 0.177 e. The number of hydrogen-bond donors (Lipinski definition) is 0. The topological polar surface area (TPSA) is 30.7 Å². The number of allylic oxidation sites excluding steroid dienone is 1. The summed E-state index contributed by atoms with van der Waals surface area (Å²) in [5, 5.41) is 4.53. The maximum atomic E-state index is 14.2. The smallest absolute Gasteiger partial charge is 0.177 e. The van der Waals surface area contributed by atoms with E-state index in [1.807, 2.05) is 30.3 Å². The van der Waals surface area contributed by atoms with Gasteiger partial charge in [-0.3, -0.25) is 0 Å². The standard InChI is InChI=1S/C16H16FN3/c1-10(11-7-8-11)15-18-16-13(17)9-14(20(16)19-15)12-5-3-2-4-6-12/h2-6,11,13-14H,1,7-9H2. The van der Waals surface area contributed by atoms with Gasteiger partial charge in [-0.05, 0) is 29.9 Å². The van der Waals surface area contributed by atoms with Crippen molar-refractivity contribution >= 4 is 5.57 Å². The Morgan fingerprint density at radius 3 is 2.70 bits per heavy atom. The highest BCUT2D eigenvalue weighted by molar-refractivity contribution is 5.61. The van der Waals surface area contributed by atoms with Gasteiger partial charge in [0.15, 0.2) is 17.8 Å². The summed E-state index contributed by atoms with van der Waals surface area (Å²) in [5.41, 5.74) is 2.05. The van der Waals surface area contributed by atoms with Crippen LogP contribution in [0.25, 0.3) is 5.57 Å². The Kier molecular flexibility index (Phi) is 2.52. The predicted molar refractivity (Wildman–Crippen MR) is 74.8 cm³/mol. The van der Waals surface area contributed by atoms with Gasteiger partial charge in [0, 0.05) is 6.42 Å². The Hall–Kier alpha value is -1.97. The molecule has 0 bridgehead atoms. The van der Waals surface area contributed by atoms with Crippen LogP contribution in [-0.2, 0) is 0 Å². The van der Waals surface area contributed by atoms with Gasteiger partial charge in [-0.1, -0.05) is 36.9 Å². The van der Waals surface area contributed by atoms with E-state index in [0.29, 0.717) is 24.0 Å². The Morgan fingerprint density at radius 2 is 2.00 bits per heavy atom. The van der Waals surface area contributed by atoms with E-state index in [-0.39, 0.29) is 6.04 Å². The minimum Gasteiger partial charge on any atom is -0.239 e. The lowest BCUT2D eigenvalue weighted by Crippen LogP contribution is -2.07. The average molecular weight is 269 g/mol. The molecule has 1 aromatic carbocycles. The summed E-state index contributed by atoms with van der Waals surface area (Å²) in [4.78, 5) is 4.39. The molecule has 20 heavy (non-hydrogen) atoms. The molecule has 1 saturated carbocycles. The van der Waals surface area contributed by atoms with Crippen molar-refractivity contribution in [1.29, 1.82) is 0 Å². The van der Waals surface area contributed by atoms with E-state index in [4.69, 9.17) is 0 Å². The number of benzene rings is 1. The van der Waals surface area contributed by atoms with Crippen molar-refractivity contribution in [3.63, 3.8) is 0 Å². The number of aromatic nitrogens is 3. The Labute approximate surface area is 117 Å². The average Bonchev–Trinajstić information content (AvgIpc) is 3.15. The van der Waals surface area contributed by atoms with Gasteiger partial charge in [0.25, 0.3) is 0 Å². The van der Waals surface area contributed by atoms with Gasteiger partial charge >= 0.3 is 0 Å². The molecule has 102 valence electrons. The van der Waals surface area contributed by atoms with Gasteiger partial charge < -0.3 is 0 Å². The third kappa shape index (κ3) is 1.79. The van der Waals surface area contributed by atoms with Crippen LogP contribution >= 0.6 is 0 Å². The minimum absolute atomic E-state index is 0.0468. The molecule has 0 spiro atoms. The molecule has 0 radical (unpaired) electrons. The molecule has 0 amide bonds. The number of nitrogens with zero attached hydrogens (tertiary/aromatic N) is 3. The maximum absolute atomic E-state index is 14.2. The fourth-order valence-electron chi connectivity index (χ4n) is 2.88. The molecule has 2 atom stereocenters. The summed E-state index contributed by atoms with van der Waals surface area (Å²) in [6, 6.07) is 9.90. The van der Waals surface area contributed by atoms with Gasteiger partial charge in [-0.15, -0.1) is 0 Å². The quantitative estimate of drug-likeness (QED) is 0.850. The van der Waals surface area contributed by atoms with Crippen molar-refractivity contribution in [1.82, 2.24) is 14.8 Å². The number of alkyl halides is 1. The molecule has 0 saturated heterocycles. The van der Waals surface area contributed by atoms with E-state index >= 15 is 0 Å². The van der Waals surface area contributed by atoms with Crippen LogP contribution in [0.3, 0.4) is 0 Å². The first-order chi connectivity index (χ1) is 9.74. The van der Waals surface area contributed by atoms with Crippen LogP contribution < -0.4 is 0 Å². The Bertz CT molecular complexity index is 658. The minimum atomic E-state index is -1.03. The second-order valence-electron chi connectivity index (χ2n) is 5.67. The molecule has 4 rings (SSSR count). The zero-order chi connectivity index (χ0) is 13.7. The molecule has 1 fully saturated rings. The number of fused-ring (bicyclic) bond motifs is 1. The van der Waals surface area contributed by atoms with Crippen LogP contribution in [0.2, 0.25) is 0 Å². The molecule has 2 unspecified atom stereocenters. The summed E-state index contributed by atoms with van der Waals surface area (Å²) in [6.45, 7) is 4.06. The van der Waals surface area contributed by atoms with E-state index in [9.17, 15) is 4.39 Å². The lowest BCUT2D eigenvalue weighted by Gasteiger charge is -2.11. The number of halogens is 1. The Morgan fingerprint density at radius 1 is 1.25 bits per heavy atom. The summed E-state index contributed by atoms with van der Waals surface area (Å²) < 4.78 is 15.9. The van der Waals surface area contributed by atoms with E-state index in [0.717, 1.165) is 24.0 Å². The molecule has 1 aliphatic heterocycles. The van der Waals surface area contributed by atoms with Crippen LogP contribution in [0.5, 0.6) is 0 Å². The van der Waals surface area contributed by atoms with Crippen molar-refractivity contribution in [2.75, 3.05) is 0 Å². The number of hydrogen-bond acceptors (Lipinski definition) is 2. The molecule has 1 aliphatic carbocycles. The molecular weight excluding hydrogens is 253 g/mol. The monoisotopic (exact) mass is 269 g/mol. The lowest BCUT2D eigenvalue weighted by atomic mass is 10.0. The van der Waals surface area contributed by atoms with Gasteiger partial charge in [-0.25, -0.2) is 14.1 Å².